The van der Waals surface area contributed by atoms with Crippen molar-refractivity contribution in [1.82, 2.24) is 9.80 Å². The van der Waals surface area contributed by atoms with Gasteiger partial charge in [-0.05, 0) is 25.3 Å². The van der Waals surface area contributed by atoms with Crippen molar-refractivity contribution in [3.63, 3.8) is 0 Å². The van der Waals surface area contributed by atoms with Gasteiger partial charge in [0, 0.05) is 39.0 Å². The maximum Gasteiger partial charge on any atom is 0.224 e. The van der Waals surface area contributed by atoms with Crippen LogP contribution < -0.4 is 0 Å². The number of hydrogen-bond acceptors (Lipinski definition) is 2. The number of nitrogens with zero attached hydrogens (tertiary/aromatic N) is 2. The SMILES string of the molecule is CCN1CCN(C(=O)CCCc2ccccc2)CCC1=O. The predicted octanol–water partition coefficient (Wildman–Crippen LogP) is 2.09. The summed E-state index contributed by atoms with van der Waals surface area (Å²) in [7, 11) is 0. The van der Waals surface area contributed by atoms with Gasteiger partial charge >= 0.3 is 0 Å². The first-order valence-electron chi connectivity index (χ1n) is 7.80. The normalized spacial score (nSPS) is 16.0. The molecule has 1 aromatic rings. The predicted molar refractivity (Wildman–Crippen MR) is 82.8 cm³/mol. The number of benzene rings is 1. The standard InChI is InChI=1S/C17H24N2O2/c1-2-18-13-14-19(12-11-17(18)21)16(20)10-6-9-15-7-4-3-5-8-15/h3-5,7-8H,2,6,9-14H2,1H3. The van der Waals surface area contributed by atoms with Crippen LogP contribution in [0.3, 0.4) is 0 Å². The molecule has 114 valence electrons. The van der Waals surface area contributed by atoms with Crippen LogP contribution >= 0.6 is 0 Å². The molecule has 1 fully saturated rings. The number of rotatable bonds is 5. The van der Waals surface area contributed by atoms with Crippen molar-refractivity contribution in [2.75, 3.05) is 26.2 Å². The summed E-state index contributed by atoms with van der Waals surface area (Å²) >= 11 is 0. The Morgan fingerprint density at radius 1 is 1.14 bits per heavy atom. The Bertz CT molecular complexity index is 473. The molecule has 0 spiro atoms. The molecule has 0 unspecified atom stereocenters. The fourth-order valence-corrected chi connectivity index (χ4v) is 2.70. The molecule has 1 aliphatic rings. The number of amides is 2. The van der Waals surface area contributed by atoms with Gasteiger partial charge in [0.05, 0.1) is 0 Å². The fraction of sp³-hybridized carbons (Fsp3) is 0.529. The molecule has 2 rings (SSSR count). The van der Waals surface area contributed by atoms with E-state index in [0.717, 1.165) is 19.4 Å². The smallest absolute Gasteiger partial charge is 0.224 e. The zero-order valence-corrected chi connectivity index (χ0v) is 12.8. The lowest BCUT2D eigenvalue weighted by atomic mass is 10.1. The molecule has 1 saturated heterocycles. The number of carbonyl (C=O) groups excluding carboxylic acids is 2. The van der Waals surface area contributed by atoms with Gasteiger partial charge in [-0.2, -0.15) is 0 Å². The maximum atomic E-state index is 12.2. The molecule has 4 heteroatoms. The summed E-state index contributed by atoms with van der Waals surface area (Å²) in [5.41, 5.74) is 1.27. The number of carbonyl (C=O) groups is 2. The van der Waals surface area contributed by atoms with E-state index in [1.807, 2.05) is 34.9 Å². The third-order valence-corrected chi connectivity index (χ3v) is 4.02. The van der Waals surface area contributed by atoms with Gasteiger partial charge in [0.15, 0.2) is 0 Å². The zero-order valence-electron chi connectivity index (χ0n) is 12.8. The van der Waals surface area contributed by atoms with Gasteiger partial charge in [0.25, 0.3) is 0 Å². The molecule has 21 heavy (non-hydrogen) atoms. The van der Waals surface area contributed by atoms with Crippen LogP contribution in [-0.2, 0) is 16.0 Å². The van der Waals surface area contributed by atoms with E-state index in [-0.39, 0.29) is 11.8 Å². The summed E-state index contributed by atoms with van der Waals surface area (Å²) < 4.78 is 0. The third kappa shape index (κ3) is 4.59. The second-order valence-electron chi connectivity index (χ2n) is 5.44. The highest BCUT2D eigenvalue weighted by Gasteiger charge is 2.22. The minimum atomic E-state index is 0.164. The van der Waals surface area contributed by atoms with Crippen LogP contribution in [0.4, 0.5) is 0 Å². The van der Waals surface area contributed by atoms with Crippen molar-refractivity contribution in [1.29, 1.82) is 0 Å². The summed E-state index contributed by atoms with van der Waals surface area (Å²) in [5, 5.41) is 0. The molecular formula is C17H24N2O2. The van der Waals surface area contributed by atoms with Crippen molar-refractivity contribution < 1.29 is 9.59 Å². The summed E-state index contributed by atoms with van der Waals surface area (Å²) in [6.07, 6.45) is 2.82. The quantitative estimate of drug-likeness (QED) is 0.832. The lowest BCUT2D eigenvalue weighted by molar-refractivity contribution is -0.131. The Morgan fingerprint density at radius 3 is 2.62 bits per heavy atom. The van der Waals surface area contributed by atoms with E-state index >= 15 is 0 Å². The highest BCUT2D eigenvalue weighted by Crippen LogP contribution is 2.09. The minimum Gasteiger partial charge on any atom is -0.341 e. The van der Waals surface area contributed by atoms with Gasteiger partial charge in [0.1, 0.15) is 0 Å². The Labute approximate surface area is 126 Å². The molecule has 0 atom stereocenters. The molecule has 0 bridgehead atoms. The topological polar surface area (TPSA) is 40.6 Å². The second kappa shape index (κ2) is 7.81. The van der Waals surface area contributed by atoms with E-state index in [1.165, 1.54) is 5.56 Å². The summed E-state index contributed by atoms with van der Waals surface area (Å²) in [5.74, 6) is 0.341. The molecule has 2 amide bonds. The Morgan fingerprint density at radius 2 is 1.90 bits per heavy atom. The van der Waals surface area contributed by atoms with E-state index in [2.05, 4.69) is 12.1 Å². The first-order chi connectivity index (χ1) is 10.2. The fourth-order valence-electron chi connectivity index (χ4n) is 2.70. The summed E-state index contributed by atoms with van der Waals surface area (Å²) in [6, 6.07) is 10.2. The minimum absolute atomic E-state index is 0.164. The first-order valence-corrected chi connectivity index (χ1v) is 7.80. The van der Waals surface area contributed by atoms with Crippen LogP contribution in [-0.4, -0.2) is 47.8 Å². The number of likely N-dealkylation sites (N-methyl/N-ethyl adjacent to an activating group) is 1. The van der Waals surface area contributed by atoms with Gasteiger partial charge in [-0.3, -0.25) is 9.59 Å². The van der Waals surface area contributed by atoms with E-state index in [1.54, 1.807) is 0 Å². The molecule has 0 saturated carbocycles. The van der Waals surface area contributed by atoms with Gasteiger partial charge < -0.3 is 9.80 Å². The van der Waals surface area contributed by atoms with E-state index in [4.69, 9.17) is 0 Å². The van der Waals surface area contributed by atoms with Gasteiger partial charge in [-0.25, -0.2) is 0 Å². The molecule has 1 heterocycles. The average Bonchev–Trinajstić information content (AvgIpc) is 2.70. The molecule has 0 N–H and O–H groups in total. The number of aryl methyl sites for hydroxylation is 1. The van der Waals surface area contributed by atoms with Gasteiger partial charge in [0.2, 0.25) is 11.8 Å². The van der Waals surface area contributed by atoms with E-state index in [9.17, 15) is 9.59 Å². The summed E-state index contributed by atoms with van der Waals surface area (Å²) in [4.78, 5) is 27.7. The molecule has 1 aromatic carbocycles. The molecule has 4 nitrogen and oxygen atoms in total. The van der Waals surface area contributed by atoms with Gasteiger partial charge in [-0.15, -0.1) is 0 Å². The van der Waals surface area contributed by atoms with Crippen molar-refractivity contribution in [3.8, 4) is 0 Å². The zero-order chi connectivity index (χ0) is 15.1. The molecule has 0 aromatic heterocycles. The van der Waals surface area contributed by atoms with Crippen LogP contribution in [0, 0.1) is 0 Å². The highest BCUT2D eigenvalue weighted by molar-refractivity contribution is 5.80. The van der Waals surface area contributed by atoms with E-state index in [0.29, 0.717) is 32.5 Å². The van der Waals surface area contributed by atoms with Crippen LogP contribution in [0.5, 0.6) is 0 Å². The average molecular weight is 288 g/mol. The lowest BCUT2D eigenvalue weighted by Gasteiger charge is -2.21. The highest BCUT2D eigenvalue weighted by atomic mass is 16.2. The largest absolute Gasteiger partial charge is 0.341 e. The van der Waals surface area contributed by atoms with Crippen molar-refractivity contribution in [3.05, 3.63) is 35.9 Å². The molecular weight excluding hydrogens is 264 g/mol. The molecule has 0 aliphatic carbocycles. The molecule has 1 aliphatic heterocycles. The van der Waals surface area contributed by atoms with Crippen LogP contribution in [0.1, 0.15) is 31.7 Å². The molecule has 0 radical (unpaired) electrons. The van der Waals surface area contributed by atoms with Crippen molar-refractivity contribution in [2.24, 2.45) is 0 Å². The third-order valence-electron chi connectivity index (χ3n) is 4.02. The summed E-state index contributed by atoms with van der Waals surface area (Å²) in [6.45, 7) is 4.62. The van der Waals surface area contributed by atoms with Crippen LogP contribution in [0.15, 0.2) is 30.3 Å². The van der Waals surface area contributed by atoms with Crippen LogP contribution in [0.25, 0.3) is 0 Å². The Balaban J connectivity index is 1.77. The maximum absolute atomic E-state index is 12.2. The second-order valence-corrected chi connectivity index (χ2v) is 5.44. The number of hydrogen-bond donors (Lipinski definition) is 0. The van der Waals surface area contributed by atoms with Crippen LogP contribution in [0.2, 0.25) is 0 Å². The monoisotopic (exact) mass is 288 g/mol. The van der Waals surface area contributed by atoms with E-state index < -0.39 is 0 Å². The van der Waals surface area contributed by atoms with Gasteiger partial charge in [-0.1, -0.05) is 30.3 Å². The lowest BCUT2D eigenvalue weighted by Crippen LogP contribution is -2.35. The first kappa shape index (κ1) is 15.5. The Kier molecular flexibility index (Phi) is 5.78. The Hall–Kier alpha value is -1.84. The van der Waals surface area contributed by atoms with Crippen molar-refractivity contribution >= 4 is 11.8 Å². The van der Waals surface area contributed by atoms with Crippen molar-refractivity contribution in [2.45, 2.75) is 32.6 Å².